The summed E-state index contributed by atoms with van der Waals surface area (Å²) in [5.74, 6) is 0. The zero-order chi connectivity index (χ0) is 24.9. The van der Waals surface area contributed by atoms with Crippen LogP contribution in [0.1, 0.15) is 11.3 Å². The summed E-state index contributed by atoms with van der Waals surface area (Å²) in [6.07, 6.45) is 7.59. The van der Waals surface area contributed by atoms with Crippen LogP contribution in [0, 0.1) is 22.7 Å². The number of nitrogens with zero attached hydrogens (tertiary/aromatic N) is 3. The van der Waals surface area contributed by atoms with E-state index in [0.717, 1.165) is 27.6 Å². The SMILES string of the molecule is N#Cc1cc(-c2cc3sc4cc(C5=CC(C#N)NC=C5)c5ccccc5c4c3c3ccccc23)ccn1. The summed E-state index contributed by atoms with van der Waals surface area (Å²) in [6.45, 7) is 0. The normalized spacial score (nSPS) is 15.0. The Hall–Kier alpha value is -4.97. The van der Waals surface area contributed by atoms with Crippen molar-refractivity contribution >= 4 is 58.6 Å². The molecule has 0 amide bonds. The van der Waals surface area contributed by atoms with Crippen LogP contribution in [-0.2, 0) is 0 Å². The Kier molecular flexibility index (Phi) is 4.79. The Balaban J connectivity index is 1.60. The number of fused-ring (bicyclic) bond motifs is 7. The highest BCUT2D eigenvalue weighted by molar-refractivity contribution is 7.26. The van der Waals surface area contributed by atoms with Gasteiger partial charge in [0.2, 0.25) is 0 Å². The molecule has 1 unspecified atom stereocenters. The molecular formula is C32H18N4S. The monoisotopic (exact) mass is 490 g/mol. The van der Waals surface area contributed by atoms with Crippen molar-refractivity contribution in [2.24, 2.45) is 0 Å². The third-order valence-corrected chi connectivity index (χ3v) is 8.09. The number of pyridine rings is 1. The number of hydrogen-bond donors (Lipinski definition) is 1. The van der Waals surface area contributed by atoms with E-state index in [-0.39, 0.29) is 6.04 Å². The predicted molar refractivity (Wildman–Crippen MR) is 152 cm³/mol. The number of dihydropyridines is 1. The van der Waals surface area contributed by atoms with Gasteiger partial charge in [-0.2, -0.15) is 10.5 Å². The first-order valence-electron chi connectivity index (χ1n) is 12.0. The van der Waals surface area contributed by atoms with Gasteiger partial charge in [0, 0.05) is 26.4 Å². The Morgan fingerprint density at radius 1 is 0.784 bits per heavy atom. The second-order valence-corrected chi connectivity index (χ2v) is 10.1. The molecule has 3 heterocycles. The topological polar surface area (TPSA) is 72.5 Å². The van der Waals surface area contributed by atoms with Gasteiger partial charge in [0.1, 0.15) is 17.8 Å². The Morgan fingerprint density at radius 3 is 2.11 bits per heavy atom. The molecule has 0 radical (unpaired) electrons. The number of rotatable bonds is 2. The fourth-order valence-corrected chi connectivity index (χ4v) is 6.63. The van der Waals surface area contributed by atoms with Crippen molar-refractivity contribution in [2.45, 2.75) is 6.04 Å². The van der Waals surface area contributed by atoms with E-state index >= 15 is 0 Å². The summed E-state index contributed by atoms with van der Waals surface area (Å²) in [5.41, 5.74) is 4.67. The number of allylic oxidation sites excluding steroid dienone is 2. The van der Waals surface area contributed by atoms with Gasteiger partial charge >= 0.3 is 0 Å². The van der Waals surface area contributed by atoms with E-state index in [2.05, 4.69) is 83.1 Å². The third kappa shape index (κ3) is 3.30. The first kappa shape index (κ1) is 21.3. The molecule has 37 heavy (non-hydrogen) atoms. The van der Waals surface area contributed by atoms with E-state index in [0.29, 0.717) is 5.69 Å². The van der Waals surface area contributed by atoms with Gasteiger partial charge in [-0.05, 0) is 86.4 Å². The second-order valence-electron chi connectivity index (χ2n) is 9.06. The van der Waals surface area contributed by atoms with E-state index < -0.39 is 0 Å². The molecule has 0 bridgehead atoms. The molecule has 0 saturated carbocycles. The molecule has 4 nitrogen and oxygen atoms in total. The number of nitriles is 2. The molecule has 1 aliphatic rings. The number of benzene rings is 4. The molecule has 1 atom stereocenters. The van der Waals surface area contributed by atoms with Crippen LogP contribution < -0.4 is 5.32 Å². The molecule has 7 rings (SSSR count). The smallest absolute Gasteiger partial charge is 0.141 e. The molecule has 0 fully saturated rings. The zero-order valence-corrected chi connectivity index (χ0v) is 20.4. The largest absolute Gasteiger partial charge is 0.373 e. The van der Waals surface area contributed by atoms with Crippen LogP contribution >= 0.6 is 11.3 Å². The lowest BCUT2D eigenvalue weighted by Crippen LogP contribution is -2.22. The summed E-state index contributed by atoms with van der Waals surface area (Å²) in [5, 5.41) is 29.2. The Bertz CT molecular complexity index is 2050. The van der Waals surface area contributed by atoms with Crippen molar-refractivity contribution in [3.8, 4) is 23.3 Å². The first-order valence-corrected chi connectivity index (χ1v) is 12.8. The van der Waals surface area contributed by atoms with Crippen LogP contribution in [0.4, 0.5) is 0 Å². The highest BCUT2D eigenvalue weighted by atomic mass is 32.1. The predicted octanol–water partition coefficient (Wildman–Crippen LogP) is 7.69. The maximum Gasteiger partial charge on any atom is 0.141 e. The molecule has 2 aromatic heterocycles. The fraction of sp³-hybridized carbons (Fsp3) is 0.0312. The van der Waals surface area contributed by atoms with Gasteiger partial charge in [0.25, 0.3) is 0 Å². The summed E-state index contributed by atoms with van der Waals surface area (Å²) in [6, 6.07) is 29.5. The molecule has 0 saturated heterocycles. The van der Waals surface area contributed by atoms with Gasteiger partial charge in [-0.3, -0.25) is 0 Å². The zero-order valence-electron chi connectivity index (χ0n) is 19.6. The molecule has 4 aromatic carbocycles. The minimum Gasteiger partial charge on any atom is -0.373 e. The summed E-state index contributed by atoms with van der Waals surface area (Å²) in [7, 11) is 0. The molecule has 6 aromatic rings. The van der Waals surface area contributed by atoms with Crippen molar-refractivity contribution in [3.63, 3.8) is 0 Å². The molecule has 172 valence electrons. The van der Waals surface area contributed by atoms with Gasteiger partial charge in [-0.15, -0.1) is 11.3 Å². The summed E-state index contributed by atoms with van der Waals surface area (Å²) in [4.78, 5) is 4.17. The lowest BCUT2D eigenvalue weighted by molar-refractivity contribution is 0.844. The fourth-order valence-electron chi connectivity index (χ4n) is 5.41. The van der Waals surface area contributed by atoms with Crippen molar-refractivity contribution in [3.05, 3.63) is 109 Å². The van der Waals surface area contributed by atoms with Crippen LogP contribution in [-0.4, -0.2) is 11.0 Å². The number of nitrogens with one attached hydrogen (secondary N) is 1. The van der Waals surface area contributed by atoms with E-state index in [9.17, 15) is 10.5 Å². The maximum absolute atomic E-state index is 9.48. The third-order valence-electron chi connectivity index (χ3n) is 7.01. The number of thiophene rings is 1. The summed E-state index contributed by atoms with van der Waals surface area (Å²) >= 11 is 1.78. The van der Waals surface area contributed by atoms with E-state index in [1.807, 2.05) is 30.5 Å². The first-order chi connectivity index (χ1) is 18.2. The highest BCUT2D eigenvalue weighted by Gasteiger charge is 2.19. The maximum atomic E-state index is 9.48. The standard InChI is InChI=1S/C32H18N4S/c33-17-21-13-19(9-11-35-21)27-15-29-31(25-7-3-1-5-23(25)27)32-26-8-4-2-6-24(26)28(16-30(32)37-29)20-10-12-36-22(14-20)18-34/h1-16,21,35H. The van der Waals surface area contributed by atoms with Crippen LogP contribution in [0.15, 0.2) is 97.3 Å². The van der Waals surface area contributed by atoms with Gasteiger partial charge < -0.3 is 5.32 Å². The molecule has 1 aliphatic heterocycles. The molecule has 5 heteroatoms. The van der Waals surface area contributed by atoms with E-state index in [1.165, 1.54) is 36.3 Å². The van der Waals surface area contributed by atoms with Gasteiger partial charge in [0.15, 0.2) is 0 Å². The van der Waals surface area contributed by atoms with Gasteiger partial charge in [-0.1, -0.05) is 48.5 Å². The average Bonchev–Trinajstić information content (AvgIpc) is 3.35. The van der Waals surface area contributed by atoms with Crippen molar-refractivity contribution in [1.82, 2.24) is 10.3 Å². The average molecular weight is 491 g/mol. The van der Waals surface area contributed by atoms with E-state index in [4.69, 9.17) is 0 Å². The minimum absolute atomic E-state index is 0.345. The van der Waals surface area contributed by atoms with Gasteiger partial charge in [-0.25, -0.2) is 4.98 Å². The van der Waals surface area contributed by atoms with Crippen molar-refractivity contribution in [1.29, 1.82) is 10.5 Å². The molecule has 0 aliphatic carbocycles. The van der Waals surface area contributed by atoms with Crippen LogP contribution in [0.25, 0.3) is 58.4 Å². The lowest BCUT2D eigenvalue weighted by atomic mass is 9.91. The quantitative estimate of drug-likeness (QED) is 0.270. The molecule has 1 N–H and O–H groups in total. The van der Waals surface area contributed by atoms with Crippen LogP contribution in [0.5, 0.6) is 0 Å². The number of aromatic nitrogens is 1. The van der Waals surface area contributed by atoms with Crippen LogP contribution in [0.3, 0.4) is 0 Å². The Morgan fingerprint density at radius 2 is 1.43 bits per heavy atom. The number of hydrogen-bond acceptors (Lipinski definition) is 5. The van der Waals surface area contributed by atoms with Crippen molar-refractivity contribution < 1.29 is 0 Å². The van der Waals surface area contributed by atoms with Gasteiger partial charge in [0.05, 0.1) is 6.07 Å². The van der Waals surface area contributed by atoms with E-state index in [1.54, 1.807) is 17.5 Å². The molecular weight excluding hydrogens is 472 g/mol. The second kappa shape index (κ2) is 8.31. The lowest BCUT2D eigenvalue weighted by Gasteiger charge is -2.16. The van der Waals surface area contributed by atoms with Crippen molar-refractivity contribution in [2.75, 3.05) is 0 Å². The minimum atomic E-state index is -0.345. The summed E-state index contributed by atoms with van der Waals surface area (Å²) < 4.78 is 2.41. The molecule has 0 spiro atoms. The van der Waals surface area contributed by atoms with Crippen LogP contribution in [0.2, 0.25) is 0 Å². The highest BCUT2D eigenvalue weighted by Crippen LogP contribution is 2.46. The Labute approximate surface area is 217 Å².